The molecule has 1 aliphatic heterocycles. The Labute approximate surface area is 195 Å². The van der Waals surface area contributed by atoms with Crippen molar-refractivity contribution >= 4 is 73.2 Å². The maximum atomic E-state index is 13.1. The summed E-state index contributed by atoms with van der Waals surface area (Å²) in [5.41, 5.74) is 1.39. The standard InChI is InChI=1S/C22H18N4O3S3/c1-10(18(27)25-21-23-6-7-30-21)31-22-24-14-5-4-13(9-15(14)32-22)26-19(28)16-11-2-3-12(8-11)17(16)20(26)29/h2-7,9-12,16-17H,8H2,1H3,(H,23,25,27)/t10-,11-,12-,16+,17+/m0/s1. The van der Waals surface area contributed by atoms with E-state index in [2.05, 4.69) is 27.4 Å². The van der Waals surface area contributed by atoms with Crippen molar-refractivity contribution < 1.29 is 14.4 Å². The fraction of sp³-hybridized carbons (Fsp3) is 0.318. The molecule has 3 heterocycles. The Morgan fingerprint density at radius 2 is 1.97 bits per heavy atom. The summed E-state index contributed by atoms with van der Waals surface area (Å²) in [4.78, 5) is 48.6. The molecule has 1 N–H and O–H groups in total. The van der Waals surface area contributed by atoms with E-state index in [1.165, 1.54) is 39.3 Å². The molecule has 3 aromatic rings. The molecule has 3 amide bonds. The summed E-state index contributed by atoms with van der Waals surface area (Å²) in [6, 6.07) is 5.50. The minimum atomic E-state index is -0.344. The monoisotopic (exact) mass is 482 g/mol. The summed E-state index contributed by atoms with van der Waals surface area (Å²) in [5.74, 6) is -0.327. The molecule has 2 fully saturated rings. The number of aromatic nitrogens is 2. The second-order valence-corrected chi connectivity index (χ2v) is 11.7. The van der Waals surface area contributed by atoms with Crippen molar-refractivity contribution in [3.05, 3.63) is 41.9 Å². The highest BCUT2D eigenvalue weighted by atomic mass is 32.2. The molecule has 1 saturated carbocycles. The lowest BCUT2D eigenvalue weighted by Gasteiger charge is -2.17. The van der Waals surface area contributed by atoms with Gasteiger partial charge in [0.25, 0.3) is 0 Å². The largest absolute Gasteiger partial charge is 0.301 e. The first kappa shape index (κ1) is 20.1. The lowest BCUT2D eigenvalue weighted by molar-refractivity contribution is -0.123. The number of amides is 3. The van der Waals surface area contributed by atoms with Crippen LogP contribution >= 0.6 is 34.4 Å². The molecular formula is C22H18N4O3S3. The summed E-state index contributed by atoms with van der Waals surface area (Å²) in [6.07, 6.45) is 6.77. The number of imide groups is 1. The van der Waals surface area contributed by atoms with Gasteiger partial charge in [-0.1, -0.05) is 23.9 Å². The molecule has 0 radical (unpaired) electrons. The molecule has 1 saturated heterocycles. The van der Waals surface area contributed by atoms with Crippen molar-refractivity contribution in [3.8, 4) is 0 Å². The number of benzene rings is 1. The van der Waals surface area contributed by atoms with Gasteiger partial charge >= 0.3 is 0 Å². The van der Waals surface area contributed by atoms with Crippen molar-refractivity contribution in [3.63, 3.8) is 0 Å². The lowest BCUT2D eigenvalue weighted by atomic mass is 9.85. The molecule has 0 spiro atoms. The van der Waals surface area contributed by atoms with Gasteiger partial charge in [0.1, 0.15) is 0 Å². The zero-order valence-corrected chi connectivity index (χ0v) is 19.4. The lowest BCUT2D eigenvalue weighted by Crippen LogP contribution is -2.32. The van der Waals surface area contributed by atoms with Gasteiger partial charge in [-0.05, 0) is 43.4 Å². The van der Waals surface area contributed by atoms with Gasteiger partial charge in [0.2, 0.25) is 17.7 Å². The van der Waals surface area contributed by atoms with E-state index in [-0.39, 0.29) is 46.6 Å². The maximum absolute atomic E-state index is 13.1. The van der Waals surface area contributed by atoms with Crippen LogP contribution in [0.25, 0.3) is 10.2 Å². The Bertz CT molecular complexity index is 1250. The van der Waals surface area contributed by atoms with Crippen molar-refractivity contribution in [1.29, 1.82) is 0 Å². The van der Waals surface area contributed by atoms with Crippen LogP contribution in [0, 0.1) is 23.7 Å². The quantitative estimate of drug-likeness (QED) is 0.333. The van der Waals surface area contributed by atoms with Crippen molar-refractivity contribution in [2.45, 2.75) is 22.9 Å². The third kappa shape index (κ3) is 3.12. The van der Waals surface area contributed by atoms with Crippen molar-refractivity contribution in [2.75, 3.05) is 10.2 Å². The second kappa shape index (κ2) is 7.50. The van der Waals surface area contributed by atoms with Crippen LogP contribution in [-0.4, -0.2) is 32.9 Å². The van der Waals surface area contributed by atoms with E-state index in [1.54, 1.807) is 12.3 Å². The molecule has 2 bridgehead atoms. The number of thiazole rings is 2. The van der Waals surface area contributed by atoms with Gasteiger partial charge in [-0.3, -0.25) is 14.4 Å². The van der Waals surface area contributed by atoms with Crippen molar-refractivity contribution in [1.82, 2.24) is 9.97 Å². The van der Waals surface area contributed by atoms with Crippen LogP contribution in [0.15, 0.2) is 46.3 Å². The topological polar surface area (TPSA) is 92.3 Å². The van der Waals surface area contributed by atoms with Crippen LogP contribution in [0.4, 0.5) is 10.8 Å². The fourth-order valence-electron chi connectivity index (χ4n) is 4.94. The molecule has 32 heavy (non-hydrogen) atoms. The maximum Gasteiger partial charge on any atom is 0.239 e. The summed E-state index contributed by atoms with van der Waals surface area (Å²) in [5, 5.41) is 4.84. The van der Waals surface area contributed by atoms with Crippen LogP contribution < -0.4 is 10.2 Å². The van der Waals surface area contributed by atoms with Gasteiger partial charge in [0, 0.05) is 11.6 Å². The average Bonchev–Trinajstić information content (AvgIpc) is 3.57. The number of hydrogen-bond donors (Lipinski definition) is 1. The van der Waals surface area contributed by atoms with E-state index in [4.69, 9.17) is 0 Å². The highest BCUT2D eigenvalue weighted by molar-refractivity contribution is 8.02. The fourth-order valence-corrected chi connectivity index (χ4v) is 7.71. The second-order valence-electron chi connectivity index (χ2n) is 8.23. The Morgan fingerprint density at radius 3 is 2.66 bits per heavy atom. The van der Waals surface area contributed by atoms with E-state index in [0.717, 1.165) is 21.0 Å². The Hall–Kier alpha value is -2.56. The summed E-state index contributed by atoms with van der Waals surface area (Å²) < 4.78 is 1.65. The minimum absolute atomic E-state index is 0.0807. The number of nitrogens with zero attached hydrogens (tertiary/aromatic N) is 3. The highest BCUT2D eigenvalue weighted by Crippen LogP contribution is 2.53. The van der Waals surface area contributed by atoms with Crippen LogP contribution in [-0.2, 0) is 14.4 Å². The smallest absolute Gasteiger partial charge is 0.239 e. The zero-order valence-electron chi connectivity index (χ0n) is 16.9. The zero-order chi connectivity index (χ0) is 22.0. The Morgan fingerprint density at radius 1 is 1.22 bits per heavy atom. The van der Waals surface area contributed by atoms with E-state index >= 15 is 0 Å². The summed E-state index contributed by atoms with van der Waals surface area (Å²) in [6.45, 7) is 1.83. The number of anilines is 2. The van der Waals surface area contributed by atoms with Gasteiger partial charge in [0.05, 0.1) is 33.0 Å². The molecule has 162 valence electrons. The number of rotatable bonds is 5. The summed E-state index contributed by atoms with van der Waals surface area (Å²) in [7, 11) is 0. The van der Waals surface area contributed by atoms with Gasteiger partial charge in [-0.2, -0.15) is 0 Å². The number of nitrogens with one attached hydrogen (secondary N) is 1. The number of thioether (sulfide) groups is 1. The molecule has 3 aliphatic rings. The van der Waals surface area contributed by atoms with Gasteiger partial charge in [-0.25, -0.2) is 14.9 Å². The predicted octanol–water partition coefficient (Wildman–Crippen LogP) is 4.18. The summed E-state index contributed by atoms with van der Waals surface area (Å²) >= 11 is 4.21. The first-order chi connectivity index (χ1) is 15.5. The van der Waals surface area contributed by atoms with E-state index in [9.17, 15) is 14.4 Å². The van der Waals surface area contributed by atoms with Crippen LogP contribution in [0.3, 0.4) is 0 Å². The Balaban J connectivity index is 1.21. The highest BCUT2D eigenvalue weighted by Gasteiger charge is 2.59. The molecule has 0 unspecified atom stereocenters. The van der Waals surface area contributed by atoms with E-state index in [1.807, 2.05) is 24.4 Å². The molecular weight excluding hydrogens is 464 g/mol. The minimum Gasteiger partial charge on any atom is -0.301 e. The predicted molar refractivity (Wildman–Crippen MR) is 126 cm³/mol. The van der Waals surface area contributed by atoms with E-state index in [0.29, 0.717) is 10.8 Å². The van der Waals surface area contributed by atoms with E-state index < -0.39 is 0 Å². The van der Waals surface area contributed by atoms with Crippen LogP contribution in [0.5, 0.6) is 0 Å². The number of fused-ring (bicyclic) bond motifs is 6. The van der Waals surface area contributed by atoms with Gasteiger partial charge in [0.15, 0.2) is 9.47 Å². The Kier molecular flexibility index (Phi) is 4.70. The third-order valence-corrected chi connectivity index (χ3v) is 9.29. The number of allylic oxidation sites excluding steroid dienone is 2. The molecule has 10 heteroatoms. The molecule has 7 nitrogen and oxygen atoms in total. The average molecular weight is 483 g/mol. The first-order valence-corrected chi connectivity index (χ1v) is 12.9. The number of carbonyl (C=O) groups excluding carboxylic acids is 3. The van der Waals surface area contributed by atoms with Crippen LogP contribution in [0.1, 0.15) is 13.3 Å². The number of hydrogen-bond acceptors (Lipinski definition) is 8. The molecule has 1 aromatic carbocycles. The number of carbonyl (C=O) groups is 3. The molecule has 5 atom stereocenters. The molecule has 2 aromatic heterocycles. The molecule has 6 rings (SSSR count). The van der Waals surface area contributed by atoms with Crippen LogP contribution in [0.2, 0.25) is 0 Å². The van der Waals surface area contributed by atoms with Gasteiger partial charge in [-0.15, -0.1) is 22.7 Å². The molecule has 2 aliphatic carbocycles. The van der Waals surface area contributed by atoms with Gasteiger partial charge < -0.3 is 5.32 Å². The first-order valence-electron chi connectivity index (χ1n) is 10.3. The SMILES string of the molecule is C[C@H](Sc1nc2ccc(N3C(=O)[C@H]4[C@H](C3=O)[C@H]3C=C[C@H]4C3)cc2s1)C(=O)Nc1nccs1. The van der Waals surface area contributed by atoms with Crippen molar-refractivity contribution in [2.24, 2.45) is 23.7 Å². The third-order valence-electron chi connectivity index (χ3n) is 6.39. The normalized spacial score (nSPS) is 26.8.